The molecule has 0 N–H and O–H groups in total. The zero-order valence-corrected chi connectivity index (χ0v) is 13.1. The van der Waals surface area contributed by atoms with Crippen LogP contribution in [-0.4, -0.2) is 41.7 Å². The first-order chi connectivity index (χ1) is 9.94. The number of nitro groups is 1. The van der Waals surface area contributed by atoms with Gasteiger partial charge < -0.3 is 0 Å². The molecule has 0 spiro atoms. The molecule has 0 saturated carbocycles. The van der Waals surface area contributed by atoms with Crippen molar-refractivity contribution >= 4 is 32.6 Å². The molecule has 0 bridgehead atoms. The molecule has 0 aliphatic carbocycles. The van der Waals surface area contributed by atoms with Gasteiger partial charge in [-0.05, 0) is 12.5 Å². The molecule has 0 saturated heterocycles. The lowest BCUT2D eigenvalue weighted by Gasteiger charge is -2.18. The Kier molecular flexibility index (Phi) is 4.84. The van der Waals surface area contributed by atoms with Gasteiger partial charge in [-0.3, -0.25) is 15.1 Å². The number of benzene rings is 1. The van der Waals surface area contributed by atoms with Gasteiger partial charge in [-0.2, -0.15) is 0 Å². The summed E-state index contributed by atoms with van der Waals surface area (Å²) in [7, 11) is -3.30. The van der Waals surface area contributed by atoms with Crippen molar-refractivity contribution in [3.8, 4) is 0 Å². The summed E-state index contributed by atoms with van der Waals surface area (Å²) in [5.41, 5.74) is 0.789. The van der Waals surface area contributed by atoms with Crippen LogP contribution >= 0.6 is 11.8 Å². The van der Waals surface area contributed by atoms with Crippen molar-refractivity contribution in [2.24, 2.45) is 4.99 Å². The van der Waals surface area contributed by atoms with Crippen LogP contribution in [0.25, 0.3) is 0 Å². The summed E-state index contributed by atoms with van der Waals surface area (Å²) in [6.45, 7) is 2.42. The fourth-order valence-electron chi connectivity index (χ4n) is 1.85. The minimum atomic E-state index is -3.30. The number of non-ortho nitro benzene ring substituents is 1. The molecule has 1 aliphatic rings. The quantitative estimate of drug-likeness (QED) is 0.607. The number of nitrogens with zero attached hydrogens (tertiary/aromatic N) is 3. The van der Waals surface area contributed by atoms with Crippen molar-refractivity contribution in [1.82, 2.24) is 4.31 Å². The zero-order valence-electron chi connectivity index (χ0n) is 11.4. The van der Waals surface area contributed by atoms with Gasteiger partial charge in [0, 0.05) is 17.9 Å². The van der Waals surface area contributed by atoms with Crippen LogP contribution in [-0.2, 0) is 15.8 Å². The number of thioether (sulfide) groups is 1. The first-order valence-corrected chi connectivity index (χ1v) is 8.94. The lowest BCUT2D eigenvalue weighted by atomic mass is 10.2. The van der Waals surface area contributed by atoms with E-state index in [1.54, 1.807) is 19.1 Å². The molecule has 9 heteroatoms. The second-order valence-electron chi connectivity index (χ2n) is 4.35. The van der Waals surface area contributed by atoms with E-state index < -0.39 is 14.9 Å². The van der Waals surface area contributed by atoms with Gasteiger partial charge in [-0.25, -0.2) is 12.7 Å². The van der Waals surface area contributed by atoms with Crippen LogP contribution in [0.15, 0.2) is 29.3 Å². The molecule has 0 radical (unpaired) electrons. The Hall–Kier alpha value is -1.61. The largest absolute Gasteiger partial charge is 0.269 e. The maximum Gasteiger partial charge on any atom is 0.269 e. The number of aliphatic imine (C=N–C) groups is 1. The first-order valence-electron chi connectivity index (χ1n) is 6.35. The molecule has 1 aliphatic heterocycles. The third-order valence-corrected chi connectivity index (χ3v) is 5.91. The zero-order chi connectivity index (χ0) is 15.5. The number of hydrogen-bond donors (Lipinski definition) is 0. The molecule has 1 aromatic rings. The van der Waals surface area contributed by atoms with E-state index in [1.165, 1.54) is 28.2 Å². The standard InChI is InChI=1S/C12H15N3O4S2/c1-2-21(18,19)14-7-6-13-12(14)20-9-10-4-3-5-11(8-10)15(16)17/h3-5,8H,2,6-7,9H2,1H3. The van der Waals surface area contributed by atoms with Crippen molar-refractivity contribution in [2.45, 2.75) is 12.7 Å². The predicted octanol–water partition coefficient (Wildman–Crippen LogP) is 1.85. The number of rotatable bonds is 5. The summed E-state index contributed by atoms with van der Waals surface area (Å²) < 4.78 is 25.1. The van der Waals surface area contributed by atoms with Crippen LogP contribution in [0.1, 0.15) is 12.5 Å². The average Bonchev–Trinajstić information content (AvgIpc) is 2.94. The van der Waals surface area contributed by atoms with Crippen LogP contribution in [0, 0.1) is 10.1 Å². The predicted molar refractivity (Wildman–Crippen MR) is 82.9 cm³/mol. The van der Waals surface area contributed by atoms with E-state index in [9.17, 15) is 18.5 Å². The molecular weight excluding hydrogens is 314 g/mol. The number of sulfonamides is 1. The fraction of sp³-hybridized carbons (Fsp3) is 0.417. The highest BCUT2D eigenvalue weighted by Gasteiger charge is 2.27. The normalized spacial score (nSPS) is 15.1. The van der Waals surface area contributed by atoms with Gasteiger partial charge in [-0.15, -0.1) is 0 Å². The summed E-state index contributed by atoms with van der Waals surface area (Å²) in [6.07, 6.45) is 0. The van der Waals surface area contributed by atoms with Crippen LogP contribution in [0.2, 0.25) is 0 Å². The van der Waals surface area contributed by atoms with E-state index in [1.807, 2.05) is 0 Å². The summed E-state index contributed by atoms with van der Waals surface area (Å²) in [5, 5.41) is 11.2. The molecular formula is C12H15N3O4S2. The lowest BCUT2D eigenvalue weighted by molar-refractivity contribution is -0.384. The number of nitro benzene ring substituents is 1. The van der Waals surface area contributed by atoms with E-state index >= 15 is 0 Å². The molecule has 2 rings (SSSR count). The highest BCUT2D eigenvalue weighted by Crippen LogP contribution is 2.23. The molecule has 0 amide bonds. The van der Waals surface area contributed by atoms with Gasteiger partial charge in [0.15, 0.2) is 5.17 Å². The molecule has 1 heterocycles. The highest BCUT2D eigenvalue weighted by molar-refractivity contribution is 8.14. The molecule has 21 heavy (non-hydrogen) atoms. The van der Waals surface area contributed by atoms with Crippen LogP contribution in [0.3, 0.4) is 0 Å². The average molecular weight is 329 g/mol. The monoisotopic (exact) mass is 329 g/mol. The first kappa shape index (κ1) is 15.8. The Bertz CT molecular complexity index is 673. The van der Waals surface area contributed by atoms with E-state index in [4.69, 9.17) is 0 Å². The van der Waals surface area contributed by atoms with Gasteiger partial charge >= 0.3 is 0 Å². The van der Waals surface area contributed by atoms with Crippen molar-refractivity contribution < 1.29 is 13.3 Å². The molecule has 7 nitrogen and oxygen atoms in total. The van der Waals surface area contributed by atoms with Crippen molar-refractivity contribution in [3.63, 3.8) is 0 Å². The topological polar surface area (TPSA) is 92.9 Å². The maximum absolute atomic E-state index is 11.9. The fourth-order valence-corrected chi connectivity index (χ4v) is 4.21. The van der Waals surface area contributed by atoms with Crippen molar-refractivity contribution in [3.05, 3.63) is 39.9 Å². The second kappa shape index (κ2) is 6.44. The third-order valence-electron chi connectivity index (χ3n) is 2.95. The van der Waals surface area contributed by atoms with Crippen LogP contribution in [0.5, 0.6) is 0 Å². The van der Waals surface area contributed by atoms with Gasteiger partial charge in [0.2, 0.25) is 10.0 Å². The Morgan fingerprint density at radius 1 is 1.48 bits per heavy atom. The third kappa shape index (κ3) is 3.73. The van der Waals surface area contributed by atoms with Crippen molar-refractivity contribution in [2.75, 3.05) is 18.8 Å². The minimum absolute atomic E-state index is 0.0273. The van der Waals surface area contributed by atoms with Gasteiger partial charge in [0.25, 0.3) is 5.69 Å². The Morgan fingerprint density at radius 3 is 2.90 bits per heavy atom. The molecule has 0 unspecified atom stereocenters. The second-order valence-corrected chi connectivity index (χ2v) is 7.48. The molecule has 0 fully saturated rings. The van der Waals surface area contributed by atoms with E-state index in [2.05, 4.69) is 4.99 Å². The van der Waals surface area contributed by atoms with Crippen LogP contribution < -0.4 is 0 Å². The number of amidine groups is 1. The summed E-state index contributed by atoms with van der Waals surface area (Å²) in [6, 6.07) is 6.30. The Labute approximate surface area is 127 Å². The molecule has 1 aromatic carbocycles. The smallest absolute Gasteiger partial charge is 0.260 e. The SMILES string of the molecule is CCS(=O)(=O)N1CCN=C1SCc1cccc([N+](=O)[O-])c1. The molecule has 114 valence electrons. The Morgan fingerprint density at radius 2 is 2.24 bits per heavy atom. The highest BCUT2D eigenvalue weighted by atomic mass is 32.2. The van der Waals surface area contributed by atoms with E-state index in [0.717, 1.165) is 5.56 Å². The van der Waals surface area contributed by atoms with Crippen molar-refractivity contribution in [1.29, 1.82) is 0 Å². The summed E-state index contributed by atoms with van der Waals surface area (Å²) in [5.74, 6) is 0.472. The summed E-state index contributed by atoms with van der Waals surface area (Å²) >= 11 is 1.28. The van der Waals surface area contributed by atoms with E-state index in [0.29, 0.717) is 24.0 Å². The van der Waals surface area contributed by atoms with Gasteiger partial charge in [0.05, 0.1) is 23.8 Å². The van der Waals surface area contributed by atoms with Crippen LogP contribution in [0.4, 0.5) is 5.69 Å². The molecule has 0 aromatic heterocycles. The maximum atomic E-state index is 11.9. The van der Waals surface area contributed by atoms with Gasteiger partial charge in [-0.1, -0.05) is 23.9 Å². The summed E-state index contributed by atoms with van der Waals surface area (Å²) in [4.78, 5) is 14.5. The number of hydrogen-bond acceptors (Lipinski definition) is 6. The van der Waals surface area contributed by atoms with E-state index in [-0.39, 0.29) is 11.4 Å². The molecule has 0 atom stereocenters. The lowest BCUT2D eigenvalue weighted by Crippen LogP contribution is -2.34. The Balaban J connectivity index is 2.06. The van der Waals surface area contributed by atoms with Gasteiger partial charge in [0.1, 0.15) is 0 Å². The minimum Gasteiger partial charge on any atom is -0.260 e.